The van der Waals surface area contributed by atoms with E-state index < -0.39 is 0 Å². The lowest BCUT2D eigenvalue weighted by Crippen LogP contribution is -1.78. The topological polar surface area (TPSA) is 0 Å². The van der Waals surface area contributed by atoms with Crippen molar-refractivity contribution >= 4 is 5.57 Å². The first kappa shape index (κ1) is 17.1. The van der Waals surface area contributed by atoms with Crippen molar-refractivity contribution in [3.63, 3.8) is 0 Å². The predicted molar refractivity (Wildman–Crippen MR) is 77.6 cm³/mol. The summed E-state index contributed by atoms with van der Waals surface area (Å²) in [6, 6.07) is 10.3. The normalized spacial score (nSPS) is 9.19. The van der Waals surface area contributed by atoms with Crippen molar-refractivity contribution in [3.05, 3.63) is 54.6 Å². The Morgan fingerprint density at radius 1 is 1.06 bits per heavy atom. The molecule has 0 saturated carbocycles. The van der Waals surface area contributed by atoms with Crippen LogP contribution in [0.3, 0.4) is 0 Å². The molecule has 0 spiro atoms. The first-order valence-corrected chi connectivity index (χ1v) is 6.26. The van der Waals surface area contributed by atoms with Crippen LogP contribution in [-0.4, -0.2) is 0 Å². The first-order chi connectivity index (χ1) is 7.88. The van der Waals surface area contributed by atoms with Crippen LogP contribution in [-0.2, 0) is 0 Å². The smallest absolute Gasteiger partial charge is 0.0187 e. The van der Waals surface area contributed by atoms with Crippen LogP contribution in [0.4, 0.5) is 0 Å². The molecule has 0 N–H and O–H groups in total. The van der Waals surface area contributed by atoms with Crippen LogP contribution in [0.25, 0.3) is 5.57 Å². The molecule has 0 heterocycles. The van der Waals surface area contributed by atoms with Gasteiger partial charge in [-0.2, -0.15) is 0 Å². The fourth-order valence-corrected chi connectivity index (χ4v) is 1.17. The molecule has 16 heavy (non-hydrogen) atoms. The summed E-state index contributed by atoms with van der Waals surface area (Å²) in [5.74, 6) is 0. The molecule has 0 amide bonds. The summed E-state index contributed by atoms with van der Waals surface area (Å²) in [7, 11) is 0. The summed E-state index contributed by atoms with van der Waals surface area (Å²) < 4.78 is 0. The lowest BCUT2D eigenvalue weighted by atomic mass is 10.1. The van der Waals surface area contributed by atoms with Crippen molar-refractivity contribution in [1.29, 1.82) is 0 Å². The standard InChI is InChI=1S/C12H14.2C2H6/c1-3-8-11(4-2)12-9-6-5-7-10-12;2*1-2/h4-10H,2-3H2,1H3;2*1-2H3/b11-8+;;. The molecule has 90 valence electrons. The van der Waals surface area contributed by atoms with Gasteiger partial charge < -0.3 is 0 Å². The molecule has 0 radical (unpaired) electrons. The quantitative estimate of drug-likeness (QED) is 0.569. The van der Waals surface area contributed by atoms with E-state index in [0.717, 1.165) is 6.42 Å². The third-order valence-corrected chi connectivity index (χ3v) is 1.75. The predicted octanol–water partition coefficient (Wildman–Crippen LogP) is 5.72. The van der Waals surface area contributed by atoms with Gasteiger partial charge in [-0.1, -0.05) is 83.7 Å². The van der Waals surface area contributed by atoms with Crippen molar-refractivity contribution in [1.82, 2.24) is 0 Å². The number of rotatable bonds is 3. The van der Waals surface area contributed by atoms with Gasteiger partial charge in [0, 0.05) is 0 Å². The zero-order chi connectivity index (χ0) is 12.8. The largest absolute Gasteiger partial charge is 0.0985 e. The molecule has 0 atom stereocenters. The van der Waals surface area contributed by atoms with Crippen LogP contribution in [0.1, 0.15) is 46.6 Å². The minimum Gasteiger partial charge on any atom is -0.0985 e. The summed E-state index contributed by atoms with van der Waals surface area (Å²) in [6.45, 7) is 13.9. The Bertz CT molecular complexity index is 267. The maximum absolute atomic E-state index is 3.79. The highest BCUT2D eigenvalue weighted by Gasteiger charge is 1.92. The number of benzene rings is 1. The molecule has 0 bridgehead atoms. The molecule has 0 aliphatic rings. The highest BCUT2D eigenvalue weighted by molar-refractivity contribution is 5.73. The molecule has 0 unspecified atom stereocenters. The molecule has 0 aliphatic heterocycles. The Morgan fingerprint density at radius 3 is 1.94 bits per heavy atom. The Kier molecular flexibility index (Phi) is 14.6. The van der Waals surface area contributed by atoms with E-state index in [4.69, 9.17) is 0 Å². The molecule has 0 aromatic heterocycles. The zero-order valence-electron chi connectivity index (χ0n) is 11.5. The summed E-state index contributed by atoms with van der Waals surface area (Å²) >= 11 is 0. The molecule has 1 aromatic rings. The van der Waals surface area contributed by atoms with Gasteiger partial charge in [0.05, 0.1) is 0 Å². The average molecular weight is 218 g/mol. The second-order valence-electron chi connectivity index (χ2n) is 2.64. The van der Waals surface area contributed by atoms with Crippen LogP contribution in [0.5, 0.6) is 0 Å². The molecule has 0 heteroatoms. The average Bonchev–Trinajstić information content (AvgIpc) is 2.41. The maximum atomic E-state index is 3.79. The number of allylic oxidation sites excluding steroid dienone is 3. The Morgan fingerprint density at radius 2 is 1.56 bits per heavy atom. The van der Waals surface area contributed by atoms with Gasteiger partial charge in [0.15, 0.2) is 0 Å². The summed E-state index contributed by atoms with van der Waals surface area (Å²) in [5, 5.41) is 0. The molecule has 0 saturated heterocycles. The highest BCUT2D eigenvalue weighted by Crippen LogP contribution is 2.14. The van der Waals surface area contributed by atoms with Gasteiger partial charge in [-0.3, -0.25) is 0 Å². The second-order valence-corrected chi connectivity index (χ2v) is 2.64. The molecule has 1 aromatic carbocycles. The zero-order valence-corrected chi connectivity index (χ0v) is 11.5. The van der Waals surface area contributed by atoms with E-state index in [1.807, 2.05) is 52.0 Å². The SMILES string of the molecule is C=C/C(=C\CC)c1ccccc1.CC.CC. The van der Waals surface area contributed by atoms with Crippen LogP contribution in [0.15, 0.2) is 49.1 Å². The summed E-state index contributed by atoms with van der Waals surface area (Å²) in [4.78, 5) is 0. The molecule has 1 rings (SSSR count). The molecule has 0 fully saturated rings. The van der Waals surface area contributed by atoms with Gasteiger partial charge in [0.25, 0.3) is 0 Å². The van der Waals surface area contributed by atoms with E-state index in [1.165, 1.54) is 11.1 Å². The third kappa shape index (κ3) is 7.05. The van der Waals surface area contributed by atoms with Crippen LogP contribution in [0.2, 0.25) is 0 Å². The first-order valence-electron chi connectivity index (χ1n) is 6.26. The molecular formula is C16H26. The van der Waals surface area contributed by atoms with Crippen molar-refractivity contribution in [3.8, 4) is 0 Å². The Labute approximate surface area is 102 Å². The van der Waals surface area contributed by atoms with E-state index in [1.54, 1.807) is 0 Å². The van der Waals surface area contributed by atoms with Gasteiger partial charge in [0.2, 0.25) is 0 Å². The van der Waals surface area contributed by atoms with Gasteiger partial charge in [-0.25, -0.2) is 0 Å². The second kappa shape index (κ2) is 13.7. The van der Waals surface area contributed by atoms with E-state index in [9.17, 15) is 0 Å². The van der Waals surface area contributed by atoms with E-state index >= 15 is 0 Å². The fourth-order valence-electron chi connectivity index (χ4n) is 1.17. The van der Waals surface area contributed by atoms with Crippen molar-refractivity contribution in [2.75, 3.05) is 0 Å². The van der Waals surface area contributed by atoms with E-state index in [0.29, 0.717) is 0 Å². The number of hydrogen-bond acceptors (Lipinski definition) is 0. The Balaban J connectivity index is 0. The lowest BCUT2D eigenvalue weighted by molar-refractivity contribution is 1.23. The van der Waals surface area contributed by atoms with Gasteiger partial charge in [-0.05, 0) is 17.6 Å². The van der Waals surface area contributed by atoms with Crippen molar-refractivity contribution in [2.45, 2.75) is 41.0 Å². The van der Waals surface area contributed by atoms with Crippen molar-refractivity contribution in [2.24, 2.45) is 0 Å². The summed E-state index contributed by atoms with van der Waals surface area (Å²) in [6.07, 6.45) is 5.14. The number of hydrogen-bond donors (Lipinski definition) is 0. The molecule has 0 nitrogen and oxygen atoms in total. The maximum Gasteiger partial charge on any atom is -0.0187 e. The van der Waals surface area contributed by atoms with Gasteiger partial charge in [-0.15, -0.1) is 0 Å². The minimum atomic E-state index is 1.05. The summed E-state index contributed by atoms with van der Waals surface area (Å²) in [5.41, 5.74) is 2.47. The Hall–Kier alpha value is -1.30. The third-order valence-electron chi connectivity index (χ3n) is 1.75. The monoisotopic (exact) mass is 218 g/mol. The highest BCUT2D eigenvalue weighted by atomic mass is 14.0. The van der Waals surface area contributed by atoms with Gasteiger partial charge in [0.1, 0.15) is 0 Å². The van der Waals surface area contributed by atoms with Crippen LogP contribution < -0.4 is 0 Å². The minimum absolute atomic E-state index is 1.05. The van der Waals surface area contributed by atoms with Crippen molar-refractivity contribution < 1.29 is 0 Å². The van der Waals surface area contributed by atoms with Crippen LogP contribution in [0, 0.1) is 0 Å². The van der Waals surface area contributed by atoms with Gasteiger partial charge >= 0.3 is 0 Å². The van der Waals surface area contributed by atoms with E-state index in [-0.39, 0.29) is 0 Å². The molecular weight excluding hydrogens is 192 g/mol. The van der Waals surface area contributed by atoms with Crippen LogP contribution >= 0.6 is 0 Å². The lowest BCUT2D eigenvalue weighted by Gasteiger charge is -2.00. The fraction of sp³-hybridized carbons (Fsp3) is 0.375. The van der Waals surface area contributed by atoms with E-state index in [2.05, 4.69) is 31.7 Å². The molecule has 0 aliphatic carbocycles.